The van der Waals surface area contributed by atoms with E-state index < -0.39 is 15.8 Å². The molecule has 30 heavy (non-hydrogen) atoms. The van der Waals surface area contributed by atoms with Crippen LogP contribution >= 0.6 is 11.6 Å². The molecule has 0 radical (unpaired) electrons. The van der Waals surface area contributed by atoms with E-state index in [2.05, 4.69) is 0 Å². The Morgan fingerprint density at radius 3 is 2.40 bits per heavy atom. The maximum Gasteiger partial charge on any atom is 0.254 e. The highest BCUT2D eigenvalue weighted by Gasteiger charge is 2.31. The molecule has 1 amide bonds. The van der Waals surface area contributed by atoms with Crippen LogP contribution in [0.2, 0.25) is 5.02 Å². The van der Waals surface area contributed by atoms with Gasteiger partial charge in [-0.2, -0.15) is 4.31 Å². The summed E-state index contributed by atoms with van der Waals surface area (Å²) in [5, 5.41) is -0.255. The number of carbonyl (C=O) groups excluding carboxylic acids is 1. The average molecular weight is 457 g/mol. The molecule has 2 aromatic rings. The van der Waals surface area contributed by atoms with Gasteiger partial charge >= 0.3 is 0 Å². The number of sulfonamides is 1. The molecule has 7 nitrogen and oxygen atoms in total. The summed E-state index contributed by atoms with van der Waals surface area (Å²) in [6, 6.07) is 8.23. The molecule has 0 atom stereocenters. The molecule has 162 valence electrons. The molecular weight excluding hydrogens is 435 g/mol. The van der Waals surface area contributed by atoms with Gasteiger partial charge in [0.05, 0.1) is 23.6 Å². The van der Waals surface area contributed by atoms with Crippen LogP contribution in [0, 0.1) is 5.82 Å². The molecule has 2 aromatic carbocycles. The predicted molar refractivity (Wildman–Crippen MR) is 110 cm³/mol. The molecular formula is C20H22ClFN2O5S. The van der Waals surface area contributed by atoms with E-state index in [9.17, 15) is 17.6 Å². The number of nitrogens with zero attached hydrogens (tertiary/aromatic N) is 2. The van der Waals surface area contributed by atoms with E-state index in [0.717, 1.165) is 12.1 Å². The van der Waals surface area contributed by atoms with E-state index >= 15 is 0 Å². The van der Waals surface area contributed by atoms with Gasteiger partial charge in [0.2, 0.25) is 10.0 Å². The monoisotopic (exact) mass is 456 g/mol. The smallest absolute Gasteiger partial charge is 0.254 e. The number of piperazine rings is 1. The van der Waals surface area contributed by atoms with Crippen LogP contribution in [0.4, 0.5) is 4.39 Å². The van der Waals surface area contributed by atoms with Crippen molar-refractivity contribution in [3.8, 4) is 11.5 Å². The van der Waals surface area contributed by atoms with Gasteiger partial charge in [0, 0.05) is 31.7 Å². The van der Waals surface area contributed by atoms with E-state index in [1.165, 1.54) is 17.5 Å². The number of carbonyl (C=O) groups is 1. The highest BCUT2D eigenvalue weighted by Crippen LogP contribution is 2.29. The Balaban J connectivity index is 1.70. The van der Waals surface area contributed by atoms with E-state index in [-0.39, 0.29) is 42.0 Å². The van der Waals surface area contributed by atoms with Crippen LogP contribution in [0.15, 0.2) is 41.3 Å². The van der Waals surface area contributed by atoms with Crippen molar-refractivity contribution in [2.75, 3.05) is 39.9 Å². The topological polar surface area (TPSA) is 76.2 Å². The number of benzene rings is 2. The van der Waals surface area contributed by atoms with Gasteiger partial charge in [-0.05, 0) is 43.3 Å². The fraction of sp³-hybridized carbons (Fsp3) is 0.350. The van der Waals surface area contributed by atoms with E-state index in [4.69, 9.17) is 21.1 Å². The first-order chi connectivity index (χ1) is 14.3. The van der Waals surface area contributed by atoms with Gasteiger partial charge in [-0.3, -0.25) is 4.79 Å². The second kappa shape index (κ2) is 9.20. The molecule has 3 rings (SSSR count). The number of amides is 1. The molecule has 10 heteroatoms. The summed E-state index contributed by atoms with van der Waals surface area (Å²) in [6.45, 7) is 3.02. The Hall–Kier alpha value is -2.36. The lowest BCUT2D eigenvalue weighted by Gasteiger charge is -2.34. The Bertz CT molecular complexity index is 1040. The lowest BCUT2D eigenvalue weighted by Crippen LogP contribution is -2.50. The molecule has 0 N–H and O–H groups in total. The van der Waals surface area contributed by atoms with Crippen molar-refractivity contribution in [3.63, 3.8) is 0 Å². The third-order valence-corrected chi connectivity index (χ3v) is 6.95. The summed E-state index contributed by atoms with van der Waals surface area (Å²) in [6.07, 6.45) is 0. The van der Waals surface area contributed by atoms with E-state index in [0.29, 0.717) is 23.7 Å². The second-order valence-corrected chi connectivity index (χ2v) is 8.92. The Kier molecular flexibility index (Phi) is 6.84. The van der Waals surface area contributed by atoms with E-state index in [1.54, 1.807) is 23.1 Å². The molecule has 1 aliphatic rings. The van der Waals surface area contributed by atoms with Crippen LogP contribution in [0.25, 0.3) is 0 Å². The summed E-state index contributed by atoms with van der Waals surface area (Å²) < 4.78 is 50.9. The molecule has 0 aliphatic carbocycles. The summed E-state index contributed by atoms with van der Waals surface area (Å²) >= 11 is 5.72. The molecule has 0 saturated carbocycles. The van der Waals surface area contributed by atoms with Crippen molar-refractivity contribution >= 4 is 27.5 Å². The number of ether oxygens (including phenoxy) is 2. The Morgan fingerprint density at radius 1 is 1.10 bits per heavy atom. The lowest BCUT2D eigenvalue weighted by molar-refractivity contribution is 0.0697. The maximum atomic E-state index is 13.4. The summed E-state index contributed by atoms with van der Waals surface area (Å²) in [5.41, 5.74) is 0.428. The summed E-state index contributed by atoms with van der Waals surface area (Å²) in [5.74, 6) is 0.0950. The SMILES string of the molecule is CCOc1ccc(C(=O)N2CCN(S(=O)(=O)c3ccc(F)c(Cl)c3)CC2)cc1OC. The fourth-order valence-corrected chi connectivity index (χ4v) is 4.87. The molecule has 0 aromatic heterocycles. The maximum absolute atomic E-state index is 13.4. The van der Waals surface area contributed by atoms with Crippen molar-refractivity contribution in [3.05, 3.63) is 52.8 Å². The molecule has 0 spiro atoms. The van der Waals surface area contributed by atoms with Crippen LogP contribution < -0.4 is 9.47 Å². The number of hydrogen-bond acceptors (Lipinski definition) is 5. The van der Waals surface area contributed by atoms with Gasteiger partial charge in [-0.15, -0.1) is 0 Å². The standard InChI is InChI=1S/C20H22ClFN2O5S/c1-3-29-18-7-4-14(12-19(18)28-2)20(25)23-8-10-24(11-9-23)30(26,27)15-5-6-17(22)16(21)13-15/h4-7,12-13H,3,8-11H2,1-2H3. The van der Waals surface area contributed by atoms with Crippen molar-refractivity contribution < 1.29 is 27.1 Å². The zero-order valence-electron chi connectivity index (χ0n) is 16.6. The third kappa shape index (κ3) is 4.53. The minimum absolute atomic E-state index is 0.0788. The second-order valence-electron chi connectivity index (χ2n) is 6.57. The van der Waals surface area contributed by atoms with Crippen molar-refractivity contribution in [1.29, 1.82) is 0 Å². The highest BCUT2D eigenvalue weighted by molar-refractivity contribution is 7.89. The zero-order valence-corrected chi connectivity index (χ0v) is 18.2. The van der Waals surface area contributed by atoms with Crippen LogP contribution in [-0.4, -0.2) is 63.4 Å². The summed E-state index contributed by atoms with van der Waals surface area (Å²) in [7, 11) is -2.33. The number of hydrogen-bond donors (Lipinski definition) is 0. The number of rotatable bonds is 6. The Labute approximate surface area is 180 Å². The first-order valence-corrected chi connectivity index (χ1v) is 11.1. The van der Waals surface area contributed by atoms with Gasteiger partial charge in [0.1, 0.15) is 5.82 Å². The molecule has 1 aliphatic heterocycles. The van der Waals surface area contributed by atoms with Crippen molar-refractivity contribution in [2.45, 2.75) is 11.8 Å². The van der Waals surface area contributed by atoms with Crippen LogP contribution in [0.3, 0.4) is 0 Å². The minimum atomic E-state index is -3.83. The predicted octanol–water partition coefficient (Wildman–Crippen LogP) is 3.03. The molecule has 1 fully saturated rings. The largest absolute Gasteiger partial charge is 0.493 e. The molecule has 0 bridgehead atoms. The van der Waals surface area contributed by atoms with Gasteiger partial charge in [0.25, 0.3) is 5.91 Å². The van der Waals surface area contributed by atoms with E-state index in [1.807, 2.05) is 6.92 Å². The Morgan fingerprint density at radius 2 is 1.80 bits per heavy atom. The molecule has 1 heterocycles. The highest BCUT2D eigenvalue weighted by atomic mass is 35.5. The first-order valence-electron chi connectivity index (χ1n) is 9.33. The van der Waals surface area contributed by atoms with Crippen LogP contribution in [0.5, 0.6) is 11.5 Å². The van der Waals surface area contributed by atoms with Gasteiger partial charge < -0.3 is 14.4 Å². The zero-order chi connectivity index (χ0) is 21.9. The van der Waals surface area contributed by atoms with Gasteiger partial charge in [-0.25, -0.2) is 12.8 Å². The molecule has 0 unspecified atom stereocenters. The fourth-order valence-electron chi connectivity index (χ4n) is 3.18. The van der Waals surface area contributed by atoms with Crippen LogP contribution in [0.1, 0.15) is 17.3 Å². The lowest BCUT2D eigenvalue weighted by atomic mass is 10.1. The molecule has 1 saturated heterocycles. The van der Waals surface area contributed by atoms with Crippen molar-refractivity contribution in [2.24, 2.45) is 0 Å². The quantitative estimate of drug-likeness (QED) is 0.667. The van der Waals surface area contributed by atoms with Crippen LogP contribution in [-0.2, 0) is 10.0 Å². The minimum Gasteiger partial charge on any atom is -0.493 e. The third-order valence-electron chi connectivity index (χ3n) is 4.77. The average Bonchev–Trinajstić information content (AvgIpc) is 2.75. The normalized spacial score (nSPS) is 15.1. The number of methoxy groups -OCH3 is 1. The first kappa shape index (κ1) is 22.3. The summed E-state index contributed by atoms with van der Waals surface area (Å²) in [4.78, 5) is 14.4. The van der Waals surface area contributed by atoms with Gasteiger partial charge in [0.15, 0.2) is 11.5 Å². The van der Waals surface area contributed by atoms with Crippen molar-refractivity contribution in [1.82, 2.24) is 9.21 Å². The van der Waals surface area contributed by atoms with Gasteiger partial charge in [-0.1, -0.05) is 11.6 Å². The number of halogens is 2.